The zero-order chi connectivity index (χ0) is 17.7. The summed E-state index contributed by atoms with van der Waals surface area (Å²) in [7, 11) is 4.06. The average Bonchev–Trinajstić information content (AvgIpc) is 3.19. The van der Waals surface area contributed by atoms with Crippen LogP contribution in [0, 0.1) is 0 Å². The Morgan fingerprint density at radius 2 is 2.17 bits per heavy atom. The molecular formula is C18H32N4O2. The summed E-state index contributed by atoms with van der Waals surface area (Å²) in [5.41, 5.74) is 1.67. The minimum absolute atomic E-state index is 0.0635. The van der Waals surface area contributed by atoms with Crippen molar-refractivity contribution in [2.24, 2.45) is 0 Å². The summed E-state index contributed by atoms with van der Waals surface area (Å²) in [6, 6.07) is 1.95. The third-order valence-electron chi connectivity index (χ3n) is 4.46. The molecule has 0 aromatic carbocycles. The van der Waals surface area contributed by atoms with E-state index in [0.29, 0.717) is 31.2 Å². The number of carbonyl (C=O) groups excluding carboxylic acids is 1. The van der Waals surface area contributed by atoms with Crippen LogP contribution in [0.4, 0.5) is 0 Å². The second kappa shape index (κ2) is 8.62. The molecule has 1 saturated heterocycles. The normalized spacial score (nSPS) is 17.9. The van der Waals surface area contributed by atoms with Gasteiger partial charge < -0.3 is 14.5 Å². The highest BCUT2D eigenvalue weighted by atomic mass is 16.5. The summed E-state index contributed by atoms with van der Waals surface area (Å²) in [5, 5.41) is 4.59. The lowest BCUT2D eigenvalue weighted by Crippen LogP contribution is -2.42. The molecule has 6 heteroatoms. The van der Waals surface area contributed by atoms with Gasteiger partial charge in [0.05, 0.1) is 11.8 Å². The molecule has 1 aromatic heterocycles. The number of aromatic nitrogens is 2. The Labute approximate surface area is 145 Å². The Morgan fingerprint density at radius 3 is 2.71 bits per heavy atom. The molecule has 1 atom stereocenters. The van der Waals surface area contributed by atoms with Crippen LogP contribution in [0.25, 0.3) is 0 Å². The number of amides is 1. The van der Waals surface area contributed by atoms with Gasteiger partial charge in [0.25, 0.3) is 5.91 Å². The molecule has 6 nitrogen and oxygen atoms in total. The average molecular weight is 336 g/mol. The predicted octanol–water partition coefficient (Wildman–Crippen LogP) is 2.21. The van der Waals surface area contributed by atoms with Gasteiger partial charge in [-0.2, -0.15) is 5.10 Å². The predicted molar refractivity (Wildman–Crippen MR) is 95.4 cm³/mol. The number of hydrogen-bond donors (Lipinski definition) is 0. The van der Waals surface area contributed by atoms with Crippen molar-refractivity contribution in [1.29, 1.82) is 0 Å². The molecule has 0 radical (unpaired) electrons. The number of likely N-dealkylation sites (N-methyl/N-ethyl adjacent to an activating group) is 1. The second-order valence-corrected chi connectivity index (χ2v) is 7.11. The first-order valence-corrected chi connectivity index (χ1v) is 9.05. The van der Waals surface area contributed by atoms with Gasteiger partial charge in [-0.25, -0.2) is 0 Å². The first-order valence-electron chi connectivity index (χ1n) is 9.05. The topological polar surface area (TPSA) is 50.6 Å². The van der Waals surface area contributed by atoms with E-state index in [1.165, 1.54) is 0 Å². The van der Waals surface area contributed by atoms with Gasteiger partial charge in [0.15, 0.2) is 0 Å². The molecule has 1 aromatic rings. The summed E-state index contributed by atoms with van der Waals surface area (Å²) < 4.78 is 7.58. The van der Waals surface area contributed by atoms with Gasteiger partial charge in [-0.15, -0.1) is 0 Å². The molecule has 1 aliphatic rings. The van der Waals surface area contributed by atoms with Crippen LogP contribution in [0.5, 0.6) is 0 Å². The van der Waals surface area contributed by atoms with E-state index in [0.717, 1.165) is 31.7 Å². The van der Waals surface area contributed by atoms with Gasteiger partial charge in [0.1, 0.15) is 5.69 Å². The van der Waals surface area contributed by atoms with E-state index in [1.807, 2.05) is 36.7 Å². The minimum atomic E-state index is 0.0635. The lowest BCUT2D eigenvalue weighted by Gasteiger charge is -2.27. The van der Waals surface area contributed by atoms with Gasteiger partial charge in [-0.1, -0.05) is 13.8 Å². The van der Waals surface area contributed by atoms with Crippen molar-refractivity contribution in [2.75, 3.05) is 40.3 Å². The Balaban J connectivity index is 2.18. The maximum absolute atomic E-state index is 13.2. The molecule has 0 spiro atoms. The molecule has 136 valence electrons. The fourth-order valence-electron chi connectivity index (χ4n) is 2.92. The molecule has 1 amide bonds. The second-order valence-electron chi connectivity index (χ2n) is 7.11. The van der Waals surface area contributed by atoms with Crippen LogP contribution in [0.1, 0.15) is 55.7 Å². The van der Waals surface area contributed by atoms with Gasteiger partial charge in [-0.3, -0.25) is 9.48 Å². The molecule has 0 aliphatic carbocycles. The van der Waals surface area contributed by atoms with Crippen molar-refractivity contribution >= 4 is 5.91 Å². The number of ether oxygens (including phenoxy) is 1. The quantitative estimate of drug-likeness (QED) is 0.730. The SMILES string of the molecule is CCn1nc(C(C)C)cc1C(=O)N(CCN(C)C)C[C@@H]1CCCO1. The largest absolute Gasteiger partial charge is 0.376 e. The maximum Gasteiger partial charge on any atom is 0.272 e. The standard InChI is InChI=1S/C18H32N4O2/c1-6-22-17(12-16(19-22)14(2)3)18(23)21(10-9-20(4)5)13-15-8-7-11-24-15/h12,14-15H,6-11,13H2,1-5H3/t15-/m0/s1. The Hall–Kier alpha value is -1.40. The first-order chi connectivity index (χ1) is 11.4. The molecule has 1 fully saturated rings. The number of rotatable bonds is 8. The van der Waals surface area contributed by atoms with Crippen molar-refractivity contribution in [3.63, 3.8) is 0 Å². The number of carbonyl (C=O) groups is 1. The van der Waals surface area contributed by atoms with E-state index in [-0.39, 0.29) is 12.0 Å². The third-order valence-corrected chi connectivity index (χ3v) is 4.46. The van der Waals surface area contributed by atoms with Crippen molar-refractivity contribution < 1.29 is 9.53 Å². The van der Waals surface area contributed by atoms with E-state index < -0.39 is 0 Å². The summed E-state index contributed by atoms with van der Waals surface area (Å²) in [4.78, 5) is 17.2. The smallest absolute Gasteiger partial charge is 0.272 e. The number of nitrogens with zero attached hydrogens (tertiary/aromatic N) is 4. The van der Waals surface area contributed by atoms with Gasteiger partial charge in [-0.05, 0) is 45.8 Å². The Kier molecular flexibility index (Phi) is 6.80. The van der Waals surface area contributed by atoms with Crippen LogP contribution in [0.3, 0.4) is 0 Å². The zero-order valence-electron chi connectivity index (χ0n) is 15.8. The molecule has 0 bridgehead atoms. The van der Waals surface area contributed by atoms with Crippen molar-refractivity contribution in [2.45, 2.75) is 52.2 Å². The molecule has 0 N–H and O–H groups in total. The zero-order valence-corrected chi connectivity index (χ0v) is 15.8. The van der Waals surface area contributed by atoms with Gasteiger partial charge >= 0.3 is 0 Å². The maximum atomic E-state index is 13.2. The fraction of sp³-hybridized carbons (Fsp3) is 0.778. The highest BCUT2D eigenvalue weighted by Gasteiger charge is 2.26. The van der Waals surface area contributed by atoms with E-state index in [9.17, 15) is 4.79 Å². The summed E-state index contributed by atoms with van der Waals surface area (Å²) in [6.45, 7) is 9.96. The summed E-state index contributed by atoms with van der Waals surface area (Å²) in [6.07, 6.45) is 2.29. The van der Waals surface area contributed by atoms with Gasteiger partial charge in [0, 0.05) is 32.8 Å². The number of hydrogen-bond acceptors (Lipinski definition) is 4. The van der Waals surface area contributed by atoms with Crippen molar-refractivity contribution in [3.8, 4) is 0 Å². The highest BCUT2D eigenvalue weighted by molar-refractivity contribution is 5.92. The fourth-order valence-corrected chi connectivity index (χ4v) is 2.92. The molecule has 1 aliphatic heterocycles. The molecule has 2 heterocycles. The molecule has 2 rings (SSSR count). The van der Waals surface area contributed by atoms with E-state index in [2.05, 4.69) is 23.8 Å². The van der Waals surface area contributed by atoms with E-state index in [1.54, 1.807) is 0 Å². The highest BCUT2D eigenvalue weighted by Crippen LogP contribution is 2.18. The first kappa shape index (κ1) is 18.9. The summed E-state index contributed by atoms with van der Waals surface area (Å²) in [5.74, 6) is 0.381. The van der Waals surface area contributed by atoms with Crippen molar-refractivity contribution in [1.82, 2.24) is 19.6 Å². The van der Waals surface area contributed by atoms with Crippen LogP contribution >= 0.6 is 0 Å². The lowest BCUT2D eigenvalue weighted by molar-refractivity contribution is 0.0503. The monoisotopic (exact) mass is 336 g/mol. The Morgan fingerprint density at radius 1 is 1.42 bits per heavy atom. The van der Waals surface area contributed by atoms with Gasteiger partial charge in [0.2, 0.25) is 0 Å². The van der Waals surface area contributed by atoms with Crippen LogP contribution in [0.2, 0.25) is 0 Å². The number of aryl methyl sites for hydroxylation is 1. The lowest BCUT2D eigenvalue weighted by atomic mass is 10.1. The minimum Gasteiger partial charge on any atom is -0.376 e. The molecular weight excluding hydrogens is 304 g/mol. The van der Waals surface area contributed by atoms with Crippen LogP contribution in [-0.2, 0) is 11.3 Å². The van der Waals surface area contributed by atoms with Crippen LogP contribution in [0.15, 0.2) is 6.07 Å². The Bertz CT molecular complexity index is 533. The molecule has 0 unspecified atom stereocenters. The van der Waals surface area contributed by atoms with Crippen LogP contribution < -0.4 is 0 Å². The van der Waals surface area contributed by atoms with Crippen LogP contribution in [-0.4, -0.2) is 71.9 Å². The molecule has 0 saturated carbocycles. The van der Waals surface area contributed by atoms with Crippen molar-refractivity contribution in [3.05, 3.63) is 17.5 Å². The van der Waals surface area contributed by atoms with E-state index in [4.69, 9.17) is 4.74 Å². The summed E-state index contributed by atoms with van der Waals surface area (Å²) >= 11 is 0. The molecule has 24 heavy (non-hydrogen) atoms. The van der Waals surface area contributed by atoms with E-state index >= 15 is 0 Å². The third kappa shape index (κ3) is 4.80.